The Bertz CT molecular complexity index is 1350. The number of hydrogen-bond donors (Lipinski definition) is 2. The first kappa shape index (κ1) is 56.9. The lowest BCUT2D eigenvalue weighted by molar-refractivity contribution is -0.473. The number of hydrogen-bond acceptors (Lipinski definition) is 12. The molecule has 0 aliphatic heterocycles. The van der Waals surface area contributed by atoms with Gasteiger partial charge < -0.3 is 38.9 Å². The van der Waals surface area contributed by atoms with Gasteiger partial charge in [0, 0.05) is 32.2 Å². The molecule has 2 N–H and O–H groups in total. The third kappa shape index (κ3) is 34.2. The molecule has 4 amide bonds. The number of Topliss-reactive ketones (excluding diaryl/α,β-unsaturated/α-hetero) is 1. The molecule has 0 spiro atoms. The van der Waals surface area contributed by atoms with Gasteiger partial charge in [0.25, 0.3) is 6.04 Å². The van der Waals surface area contributed by atoms with Crippen LogP contribution in [0.3, 0.4) is 0 Å². The van der Waals surface area contributed by atoms with E-state index < -0.39 is 23.9 Å². The van der Waals surface area contributed by atoms with E-state index >= 15 is 0 Å². The summed E-state index contributed by atoms with van der Waals surface area (Å²) in [6.07, 6.45) is 17.5. The molecular formula is C44H77N4O13+3. The summed E-state index contributed by atoms with van der Waals surface area (Å²) >= 11 is 0. The molecule has 0 bridgehead atoms. The van der Waals surface area contributed by atoms with Gasteiger partial charge in [-0.3, -0.25) is 9.59 Å². The molecule has 1 atom stereocenters. The number of rotatable bonds is 42. The van der Waals surface area contributed by atoms with Crippen LogP contribution >= 0.6 is 0 Å². The van der Waals surface area contributed by atoms with Crippen molar-refractivity contribution >= 4 is 61.5 Å². The number of methoxy groups -OCH3 is 1. The highest BCUT2D eigenvalue weighted by molar-refractivity contribution is 5.81. The Morgan fingerprint density at radius 3 is 1.52 bits per heavy atom. The van der Waals surface area contributed by atoms with Gasteiger partial charge in [-0.15, -0.1) is 0 Å². The van der Waals surface area contributed by atoms with Crippen LogP contribution < -0.4 is 5.32 Å². The fraction of sp³-hybridized carbons (Fsp3) is 0.773. The number of carboxylic acids is 1. The zero-order valence-corrected chi connectivity index (χ0v) is 37.3. The maximum absolute atomic E-state index is 12.4. The molecule has 0 saturated heterocycles. The van der Waals surface area contributed by atoms with Crippen molar-refractivity contribution in [1.29, 1.82) is 0 Å². The summed E-state index contributed by atoms with van der Waals surface area (Å²) in [5, 5.41) is 11.3. The number of nitrogens with one attached hydrogen (secondary N) is 1. The van der Waals surface area contributed by atoms with Gasteiger partial charge in [-0.1, -0.05) is 77.0 Å². The number of esters is 1. The van der Waals surface area contributed by atoms with Gasteiger partial charge in [-0.2, -0.15) is 13.7 Å². The number of aliphatic carboxylic acids is 1. The van der Waals surface area contributed by atoms with Crippen molar-refractivity contribution in [3.05, 3.63) is 0 Å². The van der Waals surface area contributed by atoms with Crippen LogP contribution in [0.5, 0.6) is 0 Å². The summed E-state index contributed by atoms with van der Waals surface area (Å²) in [7, 11) is 1.19. The van der Waals surface area contributed by atoms with Gasteiger partial charge in [0.1, 0.15) is 39.1 Å². The number of nitrogens with zero attached hydrogens (tertiary/aromatic N) is 3. The molecule has 17 nitrogen and oxygen atoms in total. The molecule has 0 rings (SSSR count). The van der Waals surface area contributed by atoms with E-state index in [0.717, 1.165) is 43.1 Å². The van der Waals surface area contributed by atoms with E-state index in [2.05, 4.69) is 25.5 Å². The molecule has 0 saturated carbocycles. The van der Waals surface area contributed by atoms with Crippen molar-refractivity contribution in [1.82, 2.24) is 5.32 Å². The number of carbonyl (C=O) groups is 7. The fourth-order valence-corrected chi connectivity index (χ4v) is 6.05. The second-order valence-corrected chi connectivity index (χ2v) is 15.1. The van der Waals surface area contributed by atoms with E-state index in [0.29, 0.717) is 25.9 Å². The lowest BCUT2D eigenvalue weighted by Crippen LogP contribution is -2.40. The highest BCUT2D eigenvalue weighted by Crippen LogP contribution is 2.14. The van der Waals surface area contributed by atoms with Crippen LogP contribution in [0.15, 0.2) is 0 Å². The Kier molecular flexibility index (Phi) is 36.2. The first-order valence-corrected chi connectivity index (χ1v) is 22.0. The summed E-state index contributed by atoms with van der Waals surface area (Å²) in [5.74, 6) is -2.53. The van der Waals surface area contributed by atoms with Gasteiger partial charge in [0.2, 0.25) is 5.91 Å². The number of ketones is 1. The van der Waals surface area contributed by atoms with Crippen LogP contribution in [-0.2, 0) is 57.2 Å². The quantitative estimate of drug-likeness (QED) is 0.0387. The van der Waals surface area contributed by atoms with E-state index in [1.54, 1.807) is 0 Å². The van der Waals surface area contributed by atoms with Crippen LogP contribution in [0.25, 0.3) is 0 Å². The van der Waals surface area contributed by atoms with E-state index in [4.69, 9.17) is 28.8 Å². The van der Waals surface area contributed by atoms with Crippen LogP contribution in [0.2, 0.25) is 0 Å². The molecular weight excluding hydrogens is 792 g/mol. The molecule has 0 aliphatic rings. The van der Waals surface area contributed by atoms with Crippen LogP contribution in [-0.4, -0.2) is 166 Å². The molecule has 0 aromatic carbocycles. The summed E-state index contributed by atoms with van der Waals surface area (Å²) in [6.45, 7) is 14.2. The standard InChI is InChI=1S/C44H75N4O13/c1-37(49)24-25-38(44(56)57-5)48(4)42(53)36-61-34-31-58-29-26-45-39(50)35-60-33-32-59-30-28-47(3)41(52)22-20-27-46(2)40(51)21-18-16-14-12-10-8-6-7-9-11-13-15-17-19-23-43(54)55/h38H,2-4,6-36H2,1,5H3/q+1/p+2. The fourth-order valence-electron chi connectivity index (χ4n) is 6.05. The second-order valence-electron chi connectivity index (χ2n) is 15.1. The minimum Gasteiger partial charge on any atom is -0.481 e. The zero-order chi connectivity index (χ0) is 45.5. The topological polar surface area (TPSA) is 207 Å². The molecule has 1 unspecified atom stereocenters. The smallest absolute Gasteiger partial charge is 0.412 e. The lowest BCUT2D eigenvalue weighted by Gasteiger charge is -2.11. The first-order valence-electron chi connectivity index (χ1n) is 22.0. The monoisotopic (exact) mass is 870 g/mol. The van der Waals surface area contributed by atoms with E-state index in [-0.39, 0.29) is 109 Å². The third-order valence-electron chi connectivity index (χ3n) is 9.77. The first-order chi connectivity index (χ1) is 29.3. The maximum atomic E-state index is 12.4. The Morgan fingerprint density at radius 2 is 1.00 bits per heavy atom. The Hall–Kier alpha value is -4.06. The van der Waals surface area contributed by atoms with Gasteiger partial charge in [-0.05, 0) is 19.8 Å². The largest absolute Gasteiger partial charge is 0.481 e. The van der Waals surface area contributed by atoms with E-state index in [1.807, 2.05) is 0 Å². The van der Waals surface area contributed by atoms with E-state index in [9.17, 15) is 33.6 Å². The van der Waals surface area contributed by atoms with Crippen molar-refractivity contribution in [3.8, 4) is 0 Å². The SMILES string of the molecule is C=[N+](CCCC(=O)[N+](=C)CCOCCOCC(=O)NCCOCCOCC(=O)[N+](=C)C(CCC(C)=O)C(=O)OC)C(=O)CCCCCCCCCCCCCCCCC(=O)O. The number of carbonyl (C=O) groups excluding carboxylic acids is 6. The average molecular weight is 870 g/mol. The number of unbranched alkanes of at least 4 members (excludes halogenated alkanes) is 13. The molecule has 0 heterocycles. The molecule has 0 fully saturated rings. The number of ether oxygens (including phenoxy) is 5. The van der Waals surface area contributed by atoms with Crippen LogP contribution in [0.4, 0.5) is 0 Å². The Balaban J connectivity index is 3.72. The molecule has 0 aromatic heterocycles. The van der Waals surface area contributed by atoms with Crippen molar-refractivity contribution < 1.29 is 76.1 Å². The molecule has 61 heavy (non-hydrogen) atoms. The number of amides is 4. The molecule has 0 aromatic rings. The summed E-state index contributed by atoms with van der Waals surface area (Å²) < 4.78 is 29.9. The highest BCUT2D eigenvalue weighted by Gasteiger charge is 2.34. The van der Waals surface area contributed by atoms with Crippen LogP contribution in [0, 0.1) is 0 Å². The minimum atomic E-state index is -0.988. The van der Waals surface area contributed by atoms with Crippen LogP contribution in [0.1, 0.15) is 135 Å². The molecule has 17 heteroatoms. The predicted octanol–water partition coefficient (Wildman–Crippen LogP) is 3.91. The second kappa shape index (κ2) is 38.8. The normalized spacial score (nSPS) is 11.4. The summed E-state index contributed by atoms with van der Waals surface area (Å²) in [5.41, 5.74) is 0. The number of carboxylic acid groups (broad SMARTS) is 1. The molecule has 0 aliphatic carbocycles. The van der Waals surface area contributed by atoms with E-state index in [1.165, 1.54) is 74.6 Å². The molecule has 0 radical (unpaired) electrons. The lowest BCUT2D eigenvalue weighted by atomic mass is 10.0. The predicted molar refractivity (Wildman–Crippen MR) is 230 cm³/mol. The van der Waals surface area contributed by atoms with Crippen molar-refractivity contribution in [2.75, 3.05) is 79.6 Å². The van der Waals surface area contributed by atoms with Crippen molar-refractivity contribution in [2.24, 2.45) is 0 Å². The maximum Gasteiger partial charge on any atom is 0.412 e. The zero-order valence-electron chi connectivity index (χ0n) is 37.3. The van der Waals surface area contributed by atoms with Crippen molar-refractivity contribution in [3.63, 3.8) is 0 Å². The van der Waals surface area contributed by atoms with Gasteiger partial charge >= 0.3 is 29.7 Å². The summed E-state index contributed by atoms with van der Waals surface area (Å²) in [6, 6.07) is -0.988. The Morgan fingerprint density at radius 1 is 0.541 bits per heavy atom. The van der Waals surface area contributed by atoms with Gasteiger partial charge in [0.15, 0.2) is 19.7 Å². The van der Waals surface area contributed by atoms with Crippen molar-refractivity contribution in [2.45, 2.75) is 141 Å². The highest BCUT2D eigenvalue weighted by atomic mass is 16.5. The molecule has 348 valence electrons. The summed E-state index contributed by atoms with van der Waals surface area (Å²) in [4.78, 5) is 82.9. The van der Waals surface area contributed by atoms with Gasteiger partial charge in [-0.25, -0.2) is 19.2 Å². The average Bonchev–Trinajstić information content (AvgIpc) is 3.23. The third-order valence-corrected chi connectivity index (χ3v) is 9.77. The van der Waals surface area contributed by atoms with Gasteiger partial charge in [0.05, 0.1) is 53.0 Å². The minimum absolute atomic E-state index is 0.00566. The Labute approximate surface area is 363 Å².